The van der Waals surface area contributed by atoms with Crippen LogP contribution in [0.3, 0.4) is 0 Å². The van der Waals surface area contributed by atoms with Crippen molar-refractivity contribution in [1.82, 2.24) is 4.98 Å². The van der Waals surface area contributed by atoms with Crippen LogP contribution in [0.25, 0.3) is 0 Å². The van der Waals surface area contributed by atoms with Crippen molar-refractivity contribution >= 4 is 23.3 Å². The number of benzene rings is 1. The summed E-state index contributed by atoms with van der Waals surface area (Å²) in [5.41, 5.74) is 3.13. The van der Waals surface area contributed by atoms with Crippen LogP contribution < -0.4 is 4.90 Å². The fourth-order valence-corrected chi connectivity index (χ4v) is 2.54. The van der Waals surface area contributed by atoms with Gasteiger partial charge < -0.3 is 10.0 Å². The molecule has 0 aliphatic heterocycles. The number of aryl methyl sites for hydroxylation is 2. The molecule has 0 spiro atoms. The van der Waals surface area contributed by atoms with Crippen LogP contribution in [-0.4, -0.2) is 23.1 Å². The summed E-state index contributed by atoms with van der Waals surface area (Å²) in [4.78, 5) is 17.6. The van der Waals surface area contributed by atoms with Crippen molar-refractivity contribution in [2.45, 2.75) is 20.4 Å². The molecule has 0 aliphatic carbocycles. The van der Waals surface area contributed by atoms with Crippen LogP contribution in [0.5, 0.6) is 0 Å². The van der Waals surface area contributed by atoms with Crippen molar-refractivity contribution in [2.75, 3.05) is 11.9 Å². The van der Waals surface area contributed by atoms with Gasteiger partial charge in [-0.1, -0.05) is 29.8 Å². The molecule has 0 radical (unpaired) electrons. The molecule has 2 rings (SSSR count). The highest BCUT2D eigenvalue weighted by Gasteiger charge is 2.18. The number of halogens is 1. The lowest BCUT2D eigenvalue weighted by molar-refractivity contribution is 0.0696. The van der Waals surface area contributed by atoms with Gasteiger partial charge in [0, 0.05) is 24.3 Å². The zero-order valence-corrected chi connectivity index (χ0v) is 13.0. The third-order valence-electron chi connectivity index (χ3n) is 3.30. The summed E-state index contributed by atoms with van der Waals surface area (Å²) >= 11 is 6.17. The van der Waals surface area contributed by atoms with Gasteiger partial charge in [-0.2, -0.15) is 0 Å². The smallest absolute Gasteiger partial charge is 0.339 e. The Balaban J connectivity index is 2.41. The Morgan fingerprint density at radius 1 is 1.33 bits per heavy atom. The minimum Gasteiger partial charge on any atom is -0.478 e. The lowest BCUT2D eigenvalue weighted by Gasteiger charge is -2.23. The quantitative estimate of drug-likeness (QED) is 0.936. The maximum absolute atomic E-state index is 11.5. The molecule has 0 saturated heterocycles. The van der Waals surface area contributed by atoms with E-state index in [9.17, 15) is 9.90 Å². The first-order valence-electron chi connectivity index (χ1n) is 6.56. The Bertz CT molecular complexity index is 686. The Labute approximate surface area is 129 Å². The van der Waals surface area contributed by atoms with Crippen molar-refractivity contribution in [3.05, 3.63) is 57.9 Å². The van der Waals surface area contributed by atoms with Gasteiger partial charge in [0.25, 0.3) is 0 Å². The van der Waals surface area contributed by atoms with Gasteiger partial charge in [-0.25, -0.2) is 4.79 Å². The van der Waals surface area contributed by atoms with E-state index >= 15 is 0 Å². The Hall–Kier alpha value is -2.07. The zero-order valence-electron chi connectivity index (χ0n) is 12.2. The second-order valence-electron chi connectivity index (χ2n) is 5.00. The summed E-state index contributed by atoms with van der Waals surface area (Å²) in [6, 6.07) is 9.32. The maximum Gasteiger partial charge on any atom is 0.339 e. The monoisotopic (exact) mass is 304 g/mol. The fraction of sp³-hybridized carbons (Fsp3) is 0.250. The van der Waals surface area contributed by atoms with Crippen molar-refractivity contribution < 1.29 is 9.90 Å². The van der Waals surface area contributed by atoms with E-state index in [0.29, 0.717) is 22.9 Å². The largest absolute Gasteiger partial charge is 0.478 e. The maximum atomic E-state index is 11.5. The molecule has 0 saturated carbocycles. The summed E-state index contributed by atoms with van der Waals surface area (Å²) < 4.78 is 0. The van der Waals surface area contributed by atoms with E-state index < -0.39 is 5.97 Å². The number of hydrogen-bond donors (Lipinski definition) is 1. The average Bonchev–Trinajstić information content (AvgIpc) is 2.39. The van der Waals surface area contributed by atoms with E-state index in [1.54, 1.807) is 13.0 Å². The van der Waals surface area contributed by atoms with Gasteiger partial charge in [0.15, 0.2) is 0 Å². The van der Waals surface area contributed by atoms with Gasteiger partial charge in [-0.15, -0.1) is 0 Å². The second kappa shape index (κ2) is 6.14. The zero-order chi connectivity index (χ0) is 15.6. The van der Waals surface area contributed by atoms with E-state index in [-0.39, 0.29) is 5.56 Å². The number of hydrogen-bond acceptors (Lipinski definition) is 3. The molecule has 0 atom stereocenters. The van der Waals surface area contributed by atoms with Crippen LogP contribution in [0.4, 0.5) is 5.69 Å². The van der Waals surface area contributed by atoms with Gasteiger partial charge in [-0.05, 0) is 31.5 Å². The molecule has 4 nitrogen and oxygen atoms in total. The predicted octanol–water partition coefficient (Wildman–Crippen LogP) is 3.69. The first-order valence-corrected chi connectivity index (χ1v) is 6.94. The van der Waals surface area contributed by atoms with Crippen LogP contribution in [0, 0.1) is 13.8 Å². The van der Waals surface area contributed by atoms with Crippen LogP contribution >= 0.6 is 11.6 Å². The molecule has 1 N–H and O–H groups in total. The Morgan fingerprint density at radius 3 is 2.62 bits per heavy atom. The molecule has 0 bridgehead atoms. The molecular weight excluding hydrogens is 288 g/mol. The number of nitrogens with zero attached hydrogens (tertiary/aromatic N) is 2. The molecule has 0 amide bonds. The first kappa shape index (κ1) is 15.3. The number of carboxylic acids is 1. The number of carbonyl (C=O) groups is 1. The Kier molecular flexibility index (Phi) is 4.48. The molecule has 110 valence electrons. The van der Waals surface area contributed by atoms with Crippen molar-refractivity contribution in [1.29, 1.82) is 0 Å². The molecule has 1 heterocycles. The van der Waals surface area contributed by atoms with Crippen molar-refractivity contribution in [2.24, 2.45) is 0 Å². The standard InChI is InChI=1S/C16H17ClN2O2/c1-10-8-14(15(16(20)21)11(2)18-10)19(3)9-12-6-4-5-7-13(12)17/h4-8H,9H2,1-3H3,(H,20,21). The minimum atomic E-state index is -0.971. The predicted molar refractivity (Wildman–Crippen MR) is 84.2 cm³/mol. The third kappa shape index (κ3) is 3.34. The first-order chi connectivity index (χ1) is 9.90. The molecule has 0 aliphatic rings. The van der Waals surface area contributed by atoms with E-state index in [2.05, 4.69) is 4.98 Å². The summed E-state index contributed by atoms with van der Waals surface area (Å²) in [6.45, 7) is 4.09. The summed E-state index contributed by atoms with van der Waals surface area (Å²) in [5, 5.41) is 10.1. The third-order valence-corrected chi connectivity index (χ3v) is 3.67. The fourth-order valence-electron chi connectivity index (χ4n) is 2.34. The van der Waals surface area contributed by atoms with Gasteiger partial charge in [0.05, 0.1) is 11.4 Å². The lowest BCUT2D eigenvalue weighted by Crippen LogP contribution is -2.21. The minimum absolute atomic E-state index is 0.232. The summed E-state index contributed by atoms with van der Waals surface area (Å²) in [7, 11) is 1.85. The molecule has 21 heavy (non-hydrogen) atoms. The van der Waals surface area contributed by atoms with Gasteiger partial charge >= 0.3 is 5.97 Å². The molecule has 2 aromatic rings. The van der Waals surface area contributed by atoms with E-state index in [0.717, 1.165) is 11.3 Å². The summed E-state index contributed by atoms with van der Waals surface area (Å²) in [6.07, 6.45) is 0. The molecule has 1 aromatic carbocycles. The van der Waals surface area contributed by atoms with Gasteiger partial charge in [0.2, 0.25) is 0 Å². The van der Waals surface area contributed by atoms with Crippen LogP contribution in [0.2, 0.25) is 5.02 Å². The molecular formula is C16H17ClN2O2. The van der Waals surface area contributed by atoms with E-state index in [4.69, 9.17) is 11.6 Å². The van der Waals surface area contributed by atoms with E-state index in [1.165, 1.54) is 0 Å². The van der Waals surface area contributed by atoms with E-state index in [1.807, 2.05) is 43.1 Å². The molecule has 1 aromatic heterocycles. The van der Waals surface area contributed by atoms with Gasteiger partial charge in [0.1, 0.15) is 5.56 Å². The van der Waals surface area contributed by atoms with Crippen molar-refractivity contribution in [3.8, 4) is 0 Å². The molecule has 0 unspecified atom stereocenters. The number of carboxylic acid groups (broad SMARTS) is 1. The number of anilines is 1. The second-order valence-corrected chi connectivity index (χ2v) is 5.40. The number of rotatable bonds is 4. The van der Waals surface area contributed by atoms with Crippen LogP contribution in [0.15, 0.2) is 30.3 Å². The normalized spacial score (nSPS) is 10.5. The number of aromatic carboxylic acids is 1. The average molecular weight is 305 g/mol. The highest BCUT2D eigenvalue weighted by atomic mass is 35.5. The van der Waals surface area contributed by atoms with Crippen LogP contribution in [0.1, 0.15) is 27.3 Å². The lowest BCUT2D eigenvalue weighted by atomic mass is 10.1. The van der Waals surface area contributed by atoms with Gasteiger partial charge in [-0.3, -0.25) is 4.98 Å². The molecule has 5 heteroatoms. The van der Waals surface area contributed by atoms with Crippen LogP contribution in [-0.2, 0) is 6.54 Å². The number of pyridine rings is 1. The summed E-state index contributed by atoms with van der Waals surface area (Å²) in [5.74, 6) is -0.971. The highest BCUT2D eigenvalue weighted by molar-refractivity contribution is 6.31. The SMILES string of the molecule is Cc1cc(N(C)Cc2ccccc2Cl)c(C(=O)O)c(C)n1. The van der Waals surface area contributed by atoms with Crippen molar-refractivity contribution in [3.63, 3.8) is 0 Å². The number of aromatic nitrogens is 1. The highest BCUT2D eigenvalue weighted by Crippen LogP contribution is 2.26. The topological polar surface area (TPSA) is 53.4 Å². The molecule has 0 fully saturated rings. The Morgan fingerprint density at radius 2 is 2.00 bits per heavy atom.